The second kappa shape index (κ2) is 3.87. The molecule has 0 spiro atoms. The van der Waals surface area contributed by atoms with Crippen molar-refractivity contribution in [2.45, 2.75) is 0 Å². The van der Waals surface area contributed by atoms with Gasteiger partial charge < -0.3 is 0 Å². The van der Waals surface area contributed by atoms with Crippen molar-refractivity contribution in [3.63, 3.8) is 0 Å². The van der Waals surface area contributed by atoms with E-state index >= 15 is 0 Å². The highest BCUT2D eigenvalue weighted by atomic mass is 35.5. The first-order valence-electron chi connectivity index (χ1n) is 3.30. The summed E-state index contributed by atoms with van der Waals surface area (Å²) in [6, 6.07) is 3.80. The second-order valence-electron chi connectivity index (χ2n) is 2.17. The van der Waals surface area contributed by atoms with Crippen molar-refractivity contribution < 1.29 is 9.18 Å². The van der Waals surface area contributed by atoms with Crippen LogP contribution in [-0.2, 0) is 0 Å². The molecule has 1 aromatic carbocycles. The van der Waals surface area contributed by atoms with E-state index < -0.39 is 11.7 Å². The zero-order chi connectivity index (χ0) is 9.84. The Hall–Kier alpha value is -1.60. The minimum atomic E-state index is -0.716. The maximum absolute atomic E-state index is 12.8. The summed E-state index contributed by atoms with van der Waals surface area (Å²) in [7, 11) is 0. The molecule has 0 bridgehead atoms. The van der Waals surface area contributed by atoms with Crippen molar-refractivity contribution in [1.82, 2.24) is 5.32 Å². The third kappa shape index (κ3) is 1.95. The molecule has 0 aliphatic heterocycles. The first-order chi connectivity index (χ1) is 6.16. The molecule has 1 amide bonds. The Morgan fingerprint density at radius 1 is 1.62 bits per heavy atom. The van der Waals surface area contributed by atoms with Gasteiger partial charge in [0.2, 0.25) is 0 Å². The third-order valence-corrected chi connectivity index (χ3v) is 1.75. The topological polar surface area (TPSA) is 52.9 Å². The van der Waals surface area contributed by atoms with Crippen molar-refractivity contribution >= 4 is 17.5 Å². The lowest BCUT2D eigenvalue weighted by atomic mass is 10.2. The van der Waals surface area contributed by atoms with Crippen LogP contribution in [0.25, 0.3) is 0 Å². The van der Waals surface area contributed by atoms with E-state index in [0.717, 1.165) is 6.07 Å². The molecule has 0 saturated carbocycles. The average molecular weight is 199 g/mol. The third-order valence-electron chi connectivity index (χ3n) is 1.37. The highest BCUT2D eigenvalue weighted by Crippen LogP contribution is 2.19. The van der Waals surface area contributed by atoms with Gasteiger partial charge in [0.05, 0.1) is 10.6 Å². The molecule has 1 N–H and O–H groups in total. The summed E-state index contributed by atoms with van der Waals surface area (Å²) in [5.74, 6) is -1.40. The molecule has 0 unspecified atom stereocenters. The van der Waals surface area contributed by atoms with E-state index in [0.29, 0.717) is 0 Å². The lowest BCUT2D eigenvalue weighted by molar-refractivity contribution is 0.0972. The molecule has 0 aromatic heterocycles. The average Bonchev–Trinajstić information content (AvgIpc) is 2.10. The fourth-order valence-electron chi connectivity index (χ4n) is 0.797. The zero-order valence-corrected chi connectivity index (χ0v) is 7.10. The van der Waals surface area contributed by atoms with Crippen molar-refractivity contribution in [1.29, 1.82) is 5.26 Å². The summed E-state index contributed by atoms with van der Waals surface area (Å²) in [4.78, 5) is 11.0. The van der Waals surface area contributed by atoms with Crippen molar-refractivity contribution in [2.24, 2.45) is 0 Å². The fourth-order valence-corrected chi connectivity index (χ4v) is 1.01. The molecule has 1 rings (SSSR count). The largest absolute Gasteiger partial charge is 0.268 e. The van der Waals surface area contributed by atoms with Crippen LogP contribution >= 0.6 is 11.6 Å². The molecule has 0 aliphatic carbocycles. The van der Waals surface area contributed by atoms with Crippen molar-refractivity contribution in [2.75, 3.05) is 0 Å². The Bertz CT molecular complexity index is 386. The predicted octanol–water partition coefficient (Wildman–Crippen LogP) is 1.69. The molecule has 0 radical (unpaired) electrons. The zero-order valence-electron chi connectivity index (χ0n) is 6.34. The molecular formula is C8H4ClFN2O. The highest BCUT2D eigenvalue weighted by molar-refractivity contribution is 6.34. The number of carbonyl (C=O) groups is 1. The number of halogens is 2. The van der Waals surface area contributed by atoms with Gasteiger partial charge in [-0.05, 0) is 12.1 Å². The molecule has 0 aliphatic rings. The quantitative estimate of drug-likeness (QED) is 0.552. The summed E-state index contributed by atoms with van der Waals surface area (Å²) in [6.45, 7) is 0. The van der Waals surface area contributed by atoms with E-state index in [1.165, 1.54) is 18.3 Å². The predicted molar refractivity (Wildman–Crippen MR) is 44.5 cm³/mol. The maximum atomic E-state index is 12.8. The number of benzene rings is 1. The molecule has 5 heteroatoms. The lowest BCUT2D eigenvalue weighted by Crippen LogP contribution is -2.17. The van der Waals surface area contributed by atoms with Crippen LogP contribution in [-0.4, -0.2) is 5.91 Å². The van der Waals surface area contributed by atoms with Crippen molar-refractivity contribution in [3.05, 3.63) is 34.6 Å². The van der Waals surface area contributed by atoms with Gasteiger partial charge in [-0.1, -0.05) is 17.7 Å². The van der Waals surface area contributed by atoms with Crippen LogP contribution in [0.15, 0.2) is 18.2 Å². The molecule has 13 heavy (non-hydrogen) atoms. The van der Waals surface area contributed by atoms with Gasteiger partial charge >= 0.3 is 0 Å². The van der Waals surface area contributed by atoms with Crippen LogP contribution in [0.1, 0.15) is 10.4 Å². The number of nitrogens with one attached hydrogen (secondary N) is 1. The van der Waals surface area contributed by atoms with E-state index in [1.54, 1.807) is 0 Å². The Labute approximate surface area is 78.7 Å². The second-order valence-corrected chi connectivity index (χ2v) is 2.55. The van der Waals surface area contributed by atoms with Gasteiger partial charge in [-0.2, -0.15) is 5.26 Å². The number of nitriles is 1. The number of carbonyl (C=O) groups excluding carboxylic acids is 1. The number of amides is 1. The maximum Gasteiger partial charge on any atom is 0.265 e. The van der Waals surface area contributed by atoms with Crippen LogP contribution in [0.3, 0.4) is 0 Å². The Morgan fingerprint density at radius 2 is 2.31 bits per heavy atom. The summed E-state index contributed by atoms with van der Waals surface area (Å²) in [6.07, 6.45) is 1.43. The smallest absolute Gasteiger partial charge is 0.265 e. The van der Waals surface area contributed by atoms with Crippen molar-refractivity contribution in [3.8, 4) is 6.19 Å². The SMILES string of the molecule is N#CNC(=O)c1cccc(F)c1Cl. The standard InChI is InChI=1S/C8H4ClFN2O/c9-7-5(8(13)12-4-11)2-1-3-6(7)10/h1-3H,(H,12,13). The first kappa shape index (κ1) is 9.49. The van der Waals surface area contributed by atoms with Crippen LogP contribution in [0.4, 0.5) is 4.39 Å². The first-order valence-corrected chi connectivity index (χ1v) is 3.68. The molecule has 0 saturated heterocycles. The van der Waals surface area contributed by atoms with Crippen LogP contribution in [0.5, 0.6) is 0 Å². The molecular weight excluding hydrogens is 195 g/mol. The van der Waals surface area contributed by atoms with E-state index in [2.05, 4.69) is 0 Å². The molecule has 3 nitrogen and oxygen atoms in total. The lowest BCUT2D eigenvalue weighted by Gasteiger charge is -2.00. The van der Waals surface area contributed by atoms with E-state index in [-0.39, 0.29) is 10.6 Å². The van der Waals surface area contributed by atoms with E-state index in [9.17, 15) is 9.18 Å². The minimum absolute atomic E-state index is 0.0526. The minimum Gasteiger partial charge on any atom is -0.268 e. The van der Waals surface area contributed by atoms with Crippen LogP contribution in [0.2, 0.25) is 5.02 Å². The Kier molecular flexibility index (Phi) is 2.83. The number of nitrogens with zero attached hydrogens (tertiary/aromatic N) is 1. The van der Waals surface area contributed by atoms with Gasteiger partial charge in [0.1, 0.15) is 5.82 Å². The van der Waals surface area contributed by atoms with Crippen LogP contribution < -0.4 is 5.32 Å². The van der Waals surface area contributed by atoms with E-state index in [4.69, 9.17) is 16.9 Å². The Morgan fingerprint density at radius 3 is 2.92 bits per heavy atom. The van der Waals surface area contributed by atoms with Gasteiger partial charge in [-0.25, -0.2) is 4.39 Å². The number of hydrogen-bond acceptors (Lipinski definition) is 2. The normalized spacial score (nSPS) is 9.00. The van der Waals surface area contributed by atoms with Gasteiger partial charge in [-0.3, -0.25) is 10.1 Å². The van der Waals surface area contributed by atoms with Crippen LogP contribution in [0, 0.1) is 17.3 Å². The van der Waals surface area contributed by atoms with Gasteiger partial charge in [0.15, 0.2) is 6.19 Å². The fraction of sp³-hybridized carbons (Fsp3) is 0. The molecule has 0 fully saturated rings. The number of hydrogen-bond donors (Lipinski definition) is 1. The summed E-state index contributed by atoms with van der Waals surface area (Å²) >= 11 is 5.48. The van der Waals surface area contributed by atoms with Gasteiger partial charge in [-0.15, -0.1) is 0 Å². The van der Waals surface area contributed by atoms with E-state index in [1.807, 2.05) is 5.32 Å². The summed E-state index contributed by atoms with van der Waals surface area (Å²) in [5.41, 5.74) is -0.0526. The number of rotatable bonds is 1. The molecule has 66 valence electrons. The van der Waals surface area contributed by atoms with Gasteiger partial charge in [0, 0.05) is 0 Å². The molecule has 0 atom stereocenters. The van der Waals surface area contributed by atoms with Gasteiger partial charge in [0.25, 0.3) is 5.91 Å². The summed E-state index contributed by atoms with van der Waals surface area (Å²) in [5, 5.41) is 9.70. The highest BCUT2D eigenvalue weighted by Gasteiger charge is 2.12. The molecule has 1 aromatic rings. The summed E-state index contributed by atoms with van der Waals surface area (Å²) < 4.78 is 12.8. The Balaban J connectivity index is 3.09. The monoisotopic (exact) mass is 198 g/mol. The molecule has 0 heterocycles.